The predicted molar refractivity (Wildman–Crippen MR) is 134 cm³/mol. The second kappa shape index (κ2) is 23.3. The van der Waals surface area contributed by atoms with E-state index in [1.165, 1.54) is 51.4 Å². The summed E-state index contributed by atoms with van der Waals surface area (Å²) in [5, 5.41) is 0. The molecule has 6 nitrogen and oxygen atoms in total. The highest BCUT2D eigenvalue weighted by atomic mass is 16.6. The molecule has 0 fully saturated rings. The standard InChI is InChI=1S/C27H49NO5/c1-4-7-8-9-10-11-12-13-14-15-16-17-18-19-20-22-25(29)28(27(31)33-6-3)24-21-23-26(30)32-5-2/h13-14H,4-12,15-24H2,1-3H3/b14-13-. The SMILES string of the molecule is CCCCCCCC/C=C\CCCCCCCC(=O)N(CCCC(=O)OCC)C(=O)OCC. The molecule has 0 bridgehead atoms. The molecule has 0 unspecified atom stereocenters. The second-order valence-corrected chi connectivity index (χ2v) is 8.49. The molecule has 0 saturated carbocycles. The summed E-state index contributed by atoms with van der Waals surface area (Å²) < 4.78 is 9.89. The molecule has 0 aliphatic rings. The van der Waals surface area contributed by atoms with Crippen LogP contribution in [0.15, 0.2) is 12.2 Å². The van der Waals surface area contributed by atoms with E-state index in [0.29, 0.717) is 19.4 Å². The summed E-state index contributed by atoms with van der Waals surface area (Å²) in [6.07, 6.45) is 20.5. The highest BCUT2D eigenvalue weighted by Crippen LogP contribution is 2.12. The topological polar surface area (TPSA) is 72.9 Å². The number of unbranched alkanes of at least 4 members (excludes halogenated alkanes) is 11. The zero-order chi connectivity index (χ0) is 24.6. The number of esters is 1. The summed E-state index contributed by atoms with van der Waals surface area (Å²) in [7, 11) is 0. The predicted octanol–water partition coefficient (Wildman–Crippen LogP) is 7.35. The minimum absolute atomic E-state index is 0.182. The molecule has 0 aliphatic carbocycles. The quantitative estimate of drug-likeness (QED) is 0.100. The molecule has 192 valence electrons. The Morgan fingerprint density at radius 2 is 1.18 bits per heavy atom. The van der Waals surface area contributed by atoms with Crippen molar-refractivity contribution in [2.45, 2.75) is 124 Å². The average Bonchev–Trinajstić information content (AvgIpc) is 2.79. The fourth-order valence-corrected chi connectivity index (χ4v) is 3.62. The molecule has 33 heavy (non-hydrogen) atoms. The minimum atomic E-state index is -0.626. The van der Waals surface area contributed by atoms with Crippen molar-refractivity contribution in [2.24, 2.45) is 0 Å². The van der Waals surface area contributed by atoms with Crippen molar-refractivity contribution < 1.29 is 23.9 Å². The van der Waals surface area contributed by atoms with Crippen molar-refractivity contribution in [2.75, 3.05) is 19.8 Å². The molecule has 0 radical (unpaired) electrons. The van der Waals surface area contributed by atoms with Crippen molar-refractivity contribution >= 4 is 18.0 Å². The zero-order valence-electron chi connectivity index (χ0n) is 21.6. The molecule has 0 spiro atoms. The van der Waals surface area contributed by atoms with Crippen LogP contribution < -0.4 is 0 Å². The number of ether oxygens (including phenoxy) is 2. The van der Waals surface area contributed by atoms with Crippen LogP contribution >= 0.6 is 0 Å². The van der Waals surface area contributed by atoms with Crippen molar-refractivity contribution in [3.8, 4) is 0 Å². The smallest absolute Gasteiger partial charge is 0.416 e. The Balaban J connectivity index is 3.88. The van der Waals surface area contributed by atoms with Gasteiger partial charge in [0, 0.05) is 19.4 Å². The van der Waals surface area contributed by atoms with Gasteiger partial charge in [-0.2, -0.15) is 0 Å². The van der Waals surface area contributed by atoms with E-state index in [2.05, 4.69) is 19.1 Å². The van der Waals surface area contributed by atoms with Crippen LogP contribution in [0.5, 0.6) is 0 Å². The zero-order valence-corrected chi connectivity index (χ0v) is 21.6. The van der Waals surface area contributed by atoms with Gasteiger partial charge in [0.05, 0.1) is 13.2 Å². The summed E-state index contributed by atoms with van der Waals surface area (Å²) in [6.45, 7) is 6.44. The van der Waals surface area contributed by atoms with E-state index in [1.54, 1.807) is 13.8 Å². The maximum atomic E-state index is 12.5. The summed E-state index contributed by atoms with van der Waals surface area (Å²) in [6, 6.07) is 0. The maximum absolute atomic E-state index is 12.5. The van der Waals surface area contributed by atoms with E-state index in [1.807, 2.05) is 0 Å². The molecule has 0 heterocycles. The third kappa shape index (κ3) is 19.3. The monoisotopic (exact) mass is 467 g/mol. The highest BCUT2D eigenvalue weighted by Gasteiger charge is 2.22. The third-order valence-electron chi connectivity index (χ3n) is 5.51. The number of rotatable bonds is 21. The van der Waals surface area contributed by atoms with Crippen molar-refractivity contribution in [1.29, 1.82) is 0 Å². The first-order valence-electron chi connectivity index (χ1n) is 13.3. The van der Waals surface area contributed by atoms with E-state index in [4.69, 9.17) is 9.47 Å². The van der Waals surface area contributed by atoms with E-state index in [-0.39, 0.29) is 31.4 Å². The van der Waals surface area contributed by atoms with Gasteiger partial charge >= 0.3 is 12.1 Å². The van der Waals surface area contributed by atoms with Gasteiger partial charge in [0.15, 0.2) is 0 Å². The van der Waals surface area contributed by atoms with Gasteiger partial charge < -0.3 is 9.47 Å². The number of imide groups is 1. The van der Waals surface area contributed by atoms with Gasteiger partial charge in [-0.05, 0) is 52.4 Å². The normalized spacial score (nSPS) is 11.0. The van der Waals surface area contributed by atoms with E-state index in [9.17, 15) is 14.4 Å². The molecular weight excluding hydrogens is 418 g/mol. The third-order valence-corrected chi connectivity index (χ3v) is 5.51. The molecule has 0 atom stereocenters. The molecule has 0 N–H and O–H groups in total. The number of allylic oxidation sites excluding steroid dienone is 2. The second-order valence-electron chi connectivity index (χ2n) is 8.49. The van der Waals surface area contributed by atoms with Crippen molar-refractivity contribution in [1.82, 2.24) is 4.90 Å². The Morgan fingerprint density at radius 1 is 0.636 bits per heavy atom. The Labute approximate surface area is 202 Å². The Bertz CT molecular complexity index is 533. The van der Waals surface area contributed by atoms with Crippen LogP contribution in [0.3, 0.4) is 0 Å². The number of hydrogen-bond acceptors (Lipinski definition) is 5. The Kier molecular flexibility index (Phi) is 22.0. The van der Waals surface area contributed by atoms with Gasteiger partial charge in [0.1, 0.15) is 0 Å². The van der Waals surface area contributed by atoms with Crippen molar-refractivity contribution in [3.05, 3.63) is 12.2 Å². The molecule has 0 rings (SSSR count). The molecule has 0 aromatic rings. The highest BCUT2D eigenvalue weighted by molar-refractivity contribution is 5.91. The van der Waals surface area contributed by atoms with Crippen LogP contribution in [-0.4, -0.2) is 42.6 Å². The number of carbonyl (C=O) groups excluding carboxylic acids is 3. The summed E-state index contributed by atoms with van der Waals surface area (Å²) in [5.74, 6) is -0.541. The molecule has 0 aromatic heterocycles. The average molecular weight is 468 g/mol. The molecule has 0 saturated heterocycles. The van der Waals surface area contributed by atoms with Gasteiger partial charge in [-0.3, -0.25) is 9.59 Å². The van der Waals surface area contributed by atoms with Gasteiger partial charge in [0.2, 0.25) is 5.91 Å². The van der Waals surface area contributed by atoms with Crippen LogP contribution in [0.2, 0.25) is 0 Å². The lowest BCUT2D eigenvalue weighted by Crippen LogP contribution is -2.38. The van der Waals surface area contributed by atoms with Crippen LogP contribution in [0, 0.1) is 0 Å². The Morgan fingerprint density at radius 3 is 1.76 bits per heavy atom. The lowest BCUT2D eigenvalue weighted by atomic mass is 10.1. The lowest BCUT2D eigenvalue weighted by Gasteiger charge is -2.20. The van der Waals surface area contributed by atoms with Crippen molar-refractivity contribution in [3.63, 3.8) is 0 Å². The van der Waals surface area contributed by atoms with Gasteiger partial charge in [-0.25, -0.2) is 9.69 Å². The fourth-order valence-electron chi connectivity index (χ4n) is 3.62. The minimum Gasteiger partial charge on any atom is -0.466 e. The molecular formula is C27H49NO5. The van der Waals surface area contributed by atoms with Gasteiger partial charge in [-0.1, -0.05) is 70.4 Å². The van der Waals surface area contributed by atoms with Crippen LogP contribution in [0.25, 0.3) is 0 Å². The number of hydrogen-bond donors (Lipinski definition) is 0. The van der Waals surface area contributed by atoms with Crippen LogP contribution in [0.4, 0.5) is 4.79 Å². The summed E-state index contributed by atoms with van der Waals surface area (Å²) in [5.41, 5.74) is 0. The van der Waals surface area contributed by atoms with Crippen LogP contribution in [0.1, 0.15) is 124 Å². The molecule has 0 aromatic carbocycles. The summed E-state index contributed by atoms with van der Waals surface area (Å²) >= 11 is 0. The Hall–Kier alpha value is -1.85. The van der Waals surface area contributed by atoms with E-state index in [0.717, 1.165) is 37.0 Å². The lowest BCUT2D eigenvalue weighted by molar-refractivity contribution is -0.143. The van der Waals surface area contributed by atoms with E-state index >= 15 is 0 Å². The van der Waals surface area contributed by atoms with Gasteiger partial charge in [-0.15, -0.1) is 0 Å². The number of nitrogens with zero attached hydrogens (tertiary/aromatic N) is 1. The first kappa shape index (κ1) is 31.1. The van der Waals surface area contributed by atoms with Crippen LogP contribution in [-0.2, 0) is 19.1 Å². The molecule has 0 aliphatic heterocycles. The van der Waals surface area contributed by atoms with Gasteiger partial charge in [0.25, 0.3) is 0 Å². The molecule has 2 amide bonds. The molecule has 6 heteroatoms. The summed E-state index contributed by atoms with van der Waals surface area (Å²) in [4.78, 5) is 37.2. The fraction of sp³-hybridized carbons (Fsp3) is 0.815. The first-order valence-corrected chi connectivity index (χ1v) is 13.3. The number of carbonyl (C=O) groups is 3. The number of amides is 2. The maximum Gasteiger partial charge on any atom is 0.416 e. The first-order chi connectivity index (χ1) is 16.1. The van der Waals surface area contributed by atoms with E-state index < -0.39 is 6.09 Å². The largest absolute Gasteiger partial charge is 0.466 e.